The van der Waals surface area contributed by atoms with Gasteiger partial charge in [-0.25, -0.2) is 0 Å². The predicted octanol–water partition coefficient (Wildman–Crippen LogP) is 3.65. The van der Waals surface area contributed by atoms with Crippen molar-refractivity contribution in [2.24, 2.45) is 0 Å². The largest absolute Gasteiger partial charge is 0.388 e. The van der Waals surface area contributed by atoms with E-state index < -0.39 is 10.8 Å². The molecule has 0 fully saturated rings. The van der Waals surface area contributed by atoms with Gasteiger partial charge in [0.25, 0.3) is 11.6 Å². The minimum absolute atomic E-state index is 0.00905. The number of nitrogens with one attached hydrogen (secondary N) is 2. The van der Waals surface area contributed by atoms with E-state index in [1.807, 2.05) is 0 Å². The molecule has 0 aliphatic heterocycles. The Morgan fingerprint density at radius 1 is 1.14 bits per heavy atom. The number of rotatable bonds is 4. The second-order valence-corrected chi connectivity index (χ2v) is 5.12. The van der Waals surface area contributed by atoms with Crippen molar-refractivity contribution < 1.29 is 9.72 Å². The molecular weight excluding hydrogens is 338 g/mol. The molecule has 0 radical (unpaired) electrons. The molecule has 2 aromatic carbocycles. The number of carbonyl (C=O) groups is 1. The van der Waals surface area contributed by atoms with Gasteiger partial charge in [-0.05, 0) is 36.4 Å². The fourth-order valence-electron chi connectivity index (χ4n) is 1.76. The van der Waals surface area contributed by atoms with Crippen LogP contribution in [-0.4, -0.2) is 17.9 Å². The molecule has 0 bridgehead atoms. The Morgan fingerprint density at radius 2 is 1.76 bits per heavy atom. The van der Waals surface area contributed by atoms with Crippen LogP contribution in [0.5, 0.6) is 0 Å². The van der Waals surface area contributed by atoms with Gasteiger partial charge in [-0.3, -0.25) is 14.9 Å². The van der Waals surface area contributed by atoms with Crippen LogP contribution in [0.2, 0.25) is 0 Å². The zero-order valence-electron chi connectivity index (χ0n) is 11.1. The number of anilines is 2. The third kappa shape index (κ3) is 3.57. The fourth-order valence-corrected chi connectivity index (χ4v) is 2.03. The molecule has 1 amide bonds. The van der Waals surface area contributed by atoms with Crippen LogP contribution in [0, 0.1) is 10.1 Å². The second kappa shape index (κ2) is 6.36. The first-order chi connectivity index (χ1) is 10.0. The first-order valence-corrected chi connectivity index (χ1v) is 6.83. The quantitative estimate of drug-likeness (QED) is 0.651. The molecule has 0 heterocycles. The van der Waals surface area contributed by atoms with Gasteiger partial charge < -0.3 is 10.6 Å². The van der Waals surface area contributed by atoms with E-state index in [0.717, 1.165) is 4.47 Å². The monoisotopic (exact) mass is 349 g/mol. The SMILES string of the molecule is CNc1ccc([N+](=O)[O-])c(C(=O)Nc2ccc(Br)cc2)c1. The molecule has 0 unspecified atom stereocenters. The van der Waals surface area contributed by atoms with Crippen LogP contribution in [0.15, 0.2) is 46.9 Å². The van der Waals surface area contributed by atoms with Crippen molar-refractivity contribution in [3.8, 4) is 0 Å². The Balaban J connectivity index is 2.33. The minimum atomic E-state index is -0.573. The first kappa shape index (κ1) is 15.0. The highest BCUT2D eigenvalue weighted by Crippen LogP contribution is 2.24. The zero-order chi connectivity index (χ0) is 15.4. The molecule has 0 aliphatic carbocycles. The zero-order valence-corrected chi connectivity index (χ0v) is 12.7. The lowest BCUT2D eigenvalue weighted by molar-refractivity contribution is -0.385. The van der Waals surface area contributed by atoms with Crippen LogP contribution in [0.25, 0.3) is 0 Å². The summed E-state index contributed by atoms with van der Waals surface area (Å²) in [5.41, 5.74) is 0.965. The van der Waals surface area contributed by atoms with E-state index in [0.29, 0.717) is 11.4 Å². The summed E-state index contributed by atoms with van der Waals surface area (Å²) in [4.78, 5) is 22.7. The van der Waals surface area contributed by atoms with Gasteiger partial charge in [-0.2, -0.15) is 0 Å². The number of hydrogen-bond acceptors (Lipinski definition) is 4. The van der Waals surface area contributed by atoms with Gasteiger partial charge in [-0.1, -0.05) is 15.9 Å². The molecule has 0 aromatic heterocycles. The number of carbonyl (C=O) groups excluding carboxylic acids is 1. The average Bonchev–Trinajstić information content (AvgIpc) is 2.48. The van der Waals surface area contributed by atoms with E-state index in [1.165, 1.54) is 12.1 Å². The third-order valence-electron chi connectivity index (χ3n) is 2.83. The summed E-state index contributed by atoms with van der Waals surface area (Å²) in [5.74, 6) is -0.527. The standard InChI is InChI=1S/C14H12BrN3O3/c1-16-11-6-7-13(18(20)21)12(8-11)14(19)17-10-4-2-9(15)3-5-10/h2-8,16H,1H3,(H,17,19). The van der Waals surface area contributed by atoms with Gasteiger partial charge >= 0.3 is 0 Å². The fraction of sp³-hybridized carbons (Fsp3) is 0.0714. The van der Waals surface area contributed by atoms with Crippen LogP contribution in [0.3, 0.4) is 0 Å². The minimum Gasteiger partial charge on any atom is -0.388 e. The Hall–Kier alpha value is -2.41. The summed E-state index contributed by atoms with van der Waals surface area (Å²) < 4.78 is 0.878. The van der Waals surface area contributed by atoms with Gasteiger partial charge in [0.05, 0.1) is 4.92 Å². The smallest absolute Gasteiger partial charge is 0.282 e. The maximum Gasteiger partial charge on any atom is 0.282 e. The molecular formula is C14H12BrN3O3. The van der Waals surface area contributed by atoms with Crippen LogP contribution in [0.4, 0.5) is 17.1 Å². The molecule has 0 spiro atoms. The number of amides is 1. The van der Waals surface area contributed by atoms with E-state index in [2.05, 4.69) is 26.6 Å². The summed E-state index contributed by atoms with van der Waals surface area (Å²) in [5, 5.41) is 16.5. The summed E-state index contributed by atoms with van der Waals surface area (Å²) in [6.07, 6.45) is 0. The van der Waals surface area contributed by atoms with Crippen molar-refractivity contribution in [3.63, 3.8) is 0 Å². The van der Waals surface area contributed by atoms with Gasteiger partial charge in [0.2, 0.25) is 0 Å². The Morgan fingerprint density at radius 3 is 2.33 bits per heavy atom. The van der Waals surface area contributed by atoms with E-state index in [9.17, 15) is 14.9 Å². The van der Waals surface area contributed by atoms with E-state index in [4.69, 9.17) is 0 Å². The Labute approximate surface area is 129 Å². The summed E-state index contributed by atoms with van der Waals surface area (Å²) >= 11 is 3.30. The van der Waals surface area contributed by atoms with Crippen molar-refractivity contribution in [2.75, 3.05) is 17.7 Å². The van der Waals surface area contributed by atoms with Crippen LogP contribution >= 0.6 is 15.9 Å². The molecule has 21 heavy (non-hydrogen) atoms. The van der Waals surface area contributed by atoms with Crippen LogP contribution in [-0.2, 0) is 0 Å². The molecule has 2 aromatic rings. The number of nitrogens with zero attached hydrogens (tertiary/aromatic N) is 1. The molecule has 2 rings (SSSR count). The van der Waals surface area contributed by atoms with E-state index in [-0.39, 0.29) is 11.3 Å². The lowest BCUT2D eigenvalue weighted by atomic mass is 10.1. The molecule has 0 saturated heterocycles. The lowest BCUT2D eigenvalue weighted by Gasteiger charge is -2.08. The predicted molar refractivity (Wildman–Crippen MR) is 84.7 cm³/mol. The Kier molecular flexibility index (Phi) is 4.54. The van der Waals surface area contributed by atoms with Crippen LogP contribution < -0.4 is 10.6 Å². The second-order valence-electron chi connectivity index (χ2n) is 4.20. The highest BCUT2D eigenvalue weighted by atomic mass is 79.9. The molecule has 0 aliphatic rings. The number of nitro groups is 1. The summed E-state index contributed by atoms with van der Waals surface area (Å²) in [6.45, 7) is 0. The summed E-state index contributed by atoms with van der Waals surface area (Å²) in [6, 6.07) is 11.3. The molecule has 2 N–H and O–H groups in total. The molecule has 108 valence electrons. The normalized spacial score (nSPS) is 10.0. The van der Waals surface area contributed by atoms with Crippen LogP contribution in [0.1, 0.15) is 10.4 Å². The molecule has 0 atom stereocenters. The highest BCUT2D eigenvalue weighted by molar-refractivity contribution is 9.10. The van der Waals surface area contributed by atoms with Crippen molar-refractivity contribution in [3.05, 3.63) is 62.6 Å². The number of hydrogen-bond donors (Lipinski definition) is 2. The van der Waals surface area contributed by atoms with Gasteiger partial charge in [0.15, 0.2) is 0 Å². The maximum atomic E-state index is 12.2. The number of halogens is 1. The van der Waals surface area contributed by atoms with Gasteiger partial charge in [-0.15, -0.1) is 0 Å². The Bertz CT molecular complexity index is 686. The topological polar surface area (TPSA) is 84.3 Å². The van der Waals surface area contributed by atoms with Gasteiger partial charge in [0.1, 0.15) is 5.56 Å². The first-order valence-electron chi connectivity index (χ1n) is 6.04. The van der Waals surface area contributed by atoms with E-state index >= 15 is 0 Å². The van der Waals surface area contributed by atoms with Crippen molar-refractivity contribution in [1.82, 2.24) is 0 Å². The molecule has 7 heteroatoms. The number of nitro benzene ring substituents is 1. The lowest BCUT2D eigenvalue weighted by Crippen LogP contribution is -2.14. The molecule has 0 saturated carbocycles. The van der Waals surface area contributed by atoms with Gasteiger partial charge in [0, 0.05) is 29.0 Å². The number of benzene rings is 2. The van der Waals surface area contributed by atoms with Crippen molar-refractivity contribution in [2.45, 2.75) is 0 Å². The summed E-state index contributed by atoms with van der Waals surface area (Å²) in [7, 11) is 1.68. The molecule has 6 nitrogen and oxygen atoms in total. The highest BCUT2D eigenvalue weighted by Gasteiger charge is 2.20. The van der Waals surface area contributed by atoms with E-state index in [1.54, 1.807) is 37.4 Å². The average molecular weight is 350 g/mol. The third-order valence-corrected chi connectivity index (χ3v) is 3.36. The maximum absolute atomic E-state index is 12.2. The van der Waals surface area contributed by atoms with Crippen molar-refractivity contribution in [1.29, 1.82) is 0 Å². The van der Waals surface area contributed by atoms with Crippen molar-refractivity contribution >= 4 is 38.9 Å².